The van der Waals surface area contributed by atoms with Crippen molar-refractivity contribution in [3.8, 4) is 0 Å². The highest BCUT2D eigenvalue weighted by molar-refractivity contribution is 9.11. The average molecular weight is 306 g/mol. The van der Waals surface area contributed by atoms with Crippen molar-refractivity contribution in [3.63, 3.8) is 0 Å². The van der Waals surface area contributed by atoms with E-state index in [9.17, 15) is 4.79 Å². The first-order valence-corrected chi connectivity index (χ1v) is 6.87. The van der Waals surface area contributed by atoms with Gasteiger partial charge in [-0.3, -0.25) is 4.79 Å². The van der Waals surface area contributed by atoms with Crippen LogP contribution in [0.2, 0.25) is 0 Å². The van der Waals surface area contributed by atoms with E-state index in [1.165, 1.54) is 11.3 Å². The van der Waals surface area contributed by atoms with Crippen LogP contribution in [0, 0.1) is 5.92 Å². The number of nitrogens with one attached hydrogen (secondary N) is 1. The van der Waals surface area contributed by atoms with Crippen molar-refractivity contribution in [3.05, 3.63) is 20.8 Å². The van der Waals surface area contributed by atoms with E-state index in [2.05, 4.69) is 21.2 Å². The molecule has 1 unspecified atom stereocenters. The third-order valence-electron chi connectivity index (χ3n) is 2.39. The largest absolute Gasteiger partial charge is 0.396 e. The topological polar surface area (TPSA) is 49.3 Å². The highest BCUT2D eigenvalue weighted by Crippen LogP contribution is 2.20. The van der Waals surface area contributed by atoms with Crippen molar-refractivity contribution in [2.75, 3.05) is 6.61 Å². The van der Waals surface area contributed by atoms with Gasteiger partial charge in [-0.15, -0.1) is 11.3 Å². The number of aliphatic hydroxyl groups is 1. The molecule has 0 bridgehead atoms. The van der Waals surface area contributed by atoms with Crippen LogP contribution in [0.25, 0.3) is 0 Å². The van der Waals surface area contributed by atoms with Crippen molar-refractivity contribution in [1.82, 2.24) is 5.32 Å². The Morgan fingerprint density at radius 1 is 1.62 bits per heavy atom. The monoisotopic (exact) mass is 305 g/mol. The normalized spacial score (nSPS) is 12.8. The number of amides is 1. The number of carbonyl (C=O) groups excluding carboxylic acids is 1. The molecule has 0 saturated heterocycles. The summed E-state index contributed by atoms with van der Waals surface area (Å²) in [4.78, 5) is 11.8. The Hall–Kier alpha value is -0.390. The Morgan fingerprint density at radius 2 is 2.31 bits per heavy atom. The molecule has 90 valence electrons. The zero-order chi connectivity index (χ0) is 12.1. The van der Waals surface area contributed by atoms with Gasteiger partial charge in [0.25, 0.3) is 5.91 Å². The minimum Gasteiger partial charge on any atom is -0.396 e. The summed E-state index contributed by atoms with van der Waals surface area (Å²) in [5.41, 5.74) is 0.667. The summed E-state index contributed by atoms with van der Waals surface area (Å²) < 4.78 is 0.945. The van der Waals surface area contributed by atoms with Crippen LogP contribution in [0.5, 0.6) is 0 Å². The molecule has 0 aromatic carbocycles. The molecule has 3 nitrogen and oxygen atoms in total. The van der Waals surface area contributed by atoms with Crippen LogP contribution in [-0.2, 0) is 0 Å². The molecule has 2 N–H and O–H groups in total. The number of aliphatic hydroxyl groups excluding tert-OH is 1. The Labute approximate surface area is 108 Å². The van der Waals surface area contributed by atoms with Crippen molar-refractivity contribution < 1.29 is 9.90 Å². The van der Waals surface area contributed by atoms with E-state index in [0.717, 1.165) is 3.79 Å². The number of carbonyl (C=O) groups is 1. The van der Waals surface area contributed by atoms with Gasteiger partial charge in [0, 0.05) is 18.0 Å². The van der Waals surface area contributed by atoms with Crippen LogP contribution in [-0.4, -0.2) is 23.7 Å². The fraction of sp³-hybridized carbons (Fsp3) is 0.545. The Balaban J connectivity index is 2.61. The minimum absolute atomic E-state index is 0.0242. The minimum atomic E-state index is -0.0749. The second kappa shape index (κ2) is 6.37. The maximum Gasteiger partial charge on any atom is 0.252 e. The smallest absolute Gasteiger partial charge is 0.252 e. The molecule has 0 radical (unpaired) electrons. The van der Waals surface area contributed by atoms with E-state index in [1.54, 1.807) is 6.07 Å². The standard InChI is InChI=1S/C11H16BrNO2S/c1-7(2)9(3-4-14)13-11(15)8-5-10(12)16-6-8/h5-7,9,14H,3-4H2,1-2H3,(H,13,15). The number of hydrogen-bond donors (Lipinski definition) is 2. The van der Waals surface area contributed by atoms with Gasteiger partial charge in [-0.05, 0) is 34.3 Å². The van der Waals surface area contributed by atoms with Crippen molar-refractivity contribution in [2.45, 2.75) is 26.3 Å². The molecule has 1 aromatic heterocycles. The lowest BCUT2D eigenvalue weighted by atomic mass is 10.0. The second-order valence-electron chi connectivity index (χ2n) is 3.98. The van der Waals surface area contributed by atoms with Crippen LogP contribution in [0.4, 0.5) is 0 Å². The molecule has 0 aliphatic heterocycles. The van der Waals surface area contributed by atoms with E-state index >= 15 is 0 Å². The highest BCUT2D eigenvalue weighted by atomic mass is 79.9. The zero-order valence-electron chi connectivity index (χ0n) is 9.37. The van der Waals surface area contributed by atoms with Gasteiger partial charge in [-0.1, -0.05) is 13.8 Å². The highest BCUT2D eigenvalue weighted by Gasteiger charge is 2.17. The molecule has 0 aliphatic rings. The lowest BCUT2D eigenvalue weighted by Crippen LogP contribution is -2.39. The fourth-order valence-electron chi connectivity index (χ4n) is 1.39. The Bertz CT molecular complexity index is 352. The van der Waals surface area contributed by atoms with Gasteiger partial charge in [-0.2, -0.15) is 0 Å². The summed E-state index contributed by atoms with van der Waals surface area (Å²) >= 11 is 4.81. The maximum atomic E-state index is 11.8. The number of hydrogen-bond acceptors (Lipinski definition) is 3. The molecule has 1 heterocycles. The SMILES string of the molecule is CC(C)C(CCO)NC(=O)c1csc(Br)c1. The van der Waals surface area contributed by atoms with Gasteiger partial charge in [0.05, 0.1) is 9.35 Å². The van der Waals surface area contributed by atoms with Crippen LogP contribution in [0.1, 0.15) is 30.6 Å². The van der Waals surface area contributed by atoms with Gasteiger partial charge < -0.3 is 10.4 Å². The Morgan fingerprint density at radius 3 is 2.75 bits per heavy atom. The lowest BCUT2D eigenvalue weighted by Gasteiger charge is -2.21. The first kappa shape index (κ1) is 13.7. The summed E-state index contributed by atoms with van der Waals surface area (Å²) in [5.74, 6) is 0.243. The van der Waals surface area contributed by atoms with Gasteiger partial charge in [-0.25, -0.2) is 0 Å². The van der Waals surface area contributed by atoms with E-state index in [0.29, 0.717) is 17.9 Å². The summed E-state index contributed by atoms with van der Waals surface area (Å²) in [6.45, 7) is 4.16. The first-order chi connectivity index (χ1) is 7.54. The number of rotatable bonds is 5. The van der Waals surface area contributed by atoms with Gasteiger partial charge in [0.1, 0.15) is 0 Å². The molecule has 1 atom stereocenters. The molecular weight excluding hydrogens is 290 g/mol. The van der Waals surface area contributed by atoms with Gasteiger partial charge in [0.2, 0.25) is 0 Å². The first-order valence-electron chi connectivity index (χ1n) is 5.20. The molecule has 1 aromatic rings. The predicted molar refractivity (Wildman–Crippen MR) is 69.8 cm³/mol. The molecule has 0 saturated carbocycles. The summed E-state index contributed by atoms with van der Waals surface area (Å²) in [6, 6.07) is 1.83. The third kappa shape index (κ3) is 3.88. The molecule has 0 fully saturated rings. The Kier molecular flexibility index (Phi) is 5.44. The molecule has 16 heavy (non-hydrogen) atoms. The molecule has 1 rings (SSSR count). The van der Waals surface area contributed by atoms with E-state index < -0.39 is 0 Å². The number of halogens is 1. The van der Waals surface area contributed by atoms with Crippen LogP contribution in [0.15, 0.2) is 15.2 Å². The van der Waals surface area contributed by atoms with Gasteiger partial charge >= 0.3 is 0 Å². The van der Waals surface area contributed by atoms with Crippen LogP contribution in [0.3, 0.4) is 0 Å². The zero-order valence-corrected chi connectivity index (χ0v) is 11.8. The molecule has 1 amide bonds. The summed E-state index contributed by atoms with van der Waals surface area (Å²) in [5, 5.41) is 13.7. The van der Waals surface area contributed by atoms with Crippen molar-refractivity contribution in [1.29, 1.82) is 0 Å². The van der Waals surface area contributed by atoms with Crippen molar-refractivity contribution in [2.24, 2.45) is 5.92 Å². The average Bonchev–Trinajstić information content (AvgIpc) is 2.64. The lowest BCUT2D eigenvalue weighted by molar-refractivity contribution is 0.0917. The van der Waals surface area contributed by atoms with E-state index in [1.807, 2.05) is 19.2 Å². The van der Waals surface area contributed by atoms with E-state index in [-0.39, 0.29) is 18.6 Å². The van der Waals surface area contributed by atoms with Crippen molar-refractivity contribution >= 4 is 33.2 Å². The van der Waals surface area contributed by atoms with Crippen LogP contribution < -0.4 is 5.32 Å². The molecule has 5 heteroatoms. The summed E-state index contributed by atoms with van der Waals surface area (Å²) in [7, 11) is 0. The quantitative estimate of drug-likeness (QED) is 0.878. The van der Waals surface area contributed by atoms with E-state index in [4.69, 9.17) is 5.11 Å². The number of thiophene rings is 1. The molecular formula is C11H16BrNO2S. The fourth-order valence-corrected chi connectivity index (χ4v) is 2.53. The van der Waals surface area contributed by atoms with Gasteiger partial charge in [0.15, 0.2) is 0 Å². The maximum absolute atomic E-state index is 11.8. The second-order valence-corrected chi connectivity index (χ2v) is 6.27. The predicted octanol–water partition coefficient (Wildman–Crippen LogP) is 2.65. The summed E-state index contributed by atoms with van der Waals surface area (Å²) in [6.07, 6.45) is 0.592. The third-order valence-corrected chi connectivity index (χ3v) is 3.90. The molecule has 0 aliphatic carbocycles. The molecule has 0 spiro atoms. The van der Waals surface area contributed by atoms with Crippen LogP contribution >= 0.6 is 27.3 Å².